The van der Waals surface area contributed by atoms with Crippen LogP contribution in [0.3, 0.4) is 0 Å². The van der Waals surface area contributed by atoms with E-state index in [0.29, 0.717) is 6.42 Å². The highest BCUT2D eigenvalue weighted by atomic mass is 16.5. The summed E-state index contributed by atoms with van der Waals surface area (Å²) in [7, 11) is 0. The summed E-state index contributed by atoms with van der Waals surface area (Å²) in [6.45, 7) is 4.78. The summed E-state index contributed by atoms with van der Waals surface area (Å²) < 4.78 is 0. The Kier molecular flexibility index (Phi) is 2.99. The maximum Gasteiger partial charge on any atom is 0.158 e. The molecule has 0 aliphatic carbocycles. The molecular formula is C6H11N2O2-. The Morgan fingerprint density at radius 3 is 2.30 bits per heavy atom. The van der Waals surface area contributed by atoms with Crippen molar-refractivity contribution < 1.29 is 4.79 Å². The van der Waals surface area contributed by atoms with Crippen molar-refractivity contribution >= 4 is 5.78 Å². The predicted octanol–water partition coefficient (Wildman–Crippen LogP) is 1.69. The lowest BCUT2D eigenvalue weighted by Gasteiger charge is -2.17. The minimum atomic E-state index is -0.901. The summed E-state index contributed by atoms with van der Waals surface area (Å²) >= 11 is 0. The molecule has 0 radical (unpaired) electrons. The highest BCUT2D eigenvalue weighted by molar-refractivity contribution is 5.85. The van der Waals surface area contributed by atoms with Crippen molar-refractivity contribution in [2.24, 2.45) is 10.4 Å². The minimum Gasteiger partial charge on any atom is -0.775 e. The lowest BCUT2D eigenvalue weighted by Crippen LogP contribution is -2.29. The molecule has 4 nitrogen and oxygen atoms in total. The van der Waals surface area contributed by atoms with E-state index < -0.39 is 5.54 Å². The normalized spacial score (nSPS) is 17.1. The van der Waals surface area contributed by atoms with Crippen molar-refractivity contribution in [2.45, 2.75) is 32.7 Å². The van der Waals surface area contributed by atoms with Gasteiger partial charge in [-0.05, 0) is 20.3 Å². The van der Waals surface area contributed by atoms with Gasteiger partial charge in [0.15, 0.2) is 5.78 Å². The second-order valence-electron chi connectivity index (χ2n) is 2.37. The molecular weight excluding hydrogens is 132 g/mol. The molecule has 0 fully saturated rings. The molecule has 0 aliphatic rings. The van der Waals surface area contributed by atoms with Gasteiger partial charge in [-0.15, -0.1) is 0 Å². The van der Waals surface area contributed by atoms with Gasteiger partial charge in [-0.1, -0.05) is 6.92 Å². The summed E-state index contributed by atoms with van der Waals surface area (Å²) in [5, 5.41) is 15.4. The van der Waals surface area contributed by atoms with Crippen molar-refractivity contribution in [1.29, 1.82) is 0 Å². The highest BCUT2D eigenvalue weighted by Gasteiger charge is 2.26. The molecule has 0 spiro atoms. The Labute approximate surface area is 59.9 Å². The highest BCUT2D eigenvalue weighted by Crippen LogP contribution is 2.16. The molecule has 58 valence electrons. The van der Waals surface area contributed by atoms with Crippen molar-refractivity contribution in [2.75, 3.05) is 0 Å². The third-order valence-corrected chi connectivity index (χ3v) is 1.71. The zero-order valence-corrected chi connectivity index (χ0v) is 6.42. The van der Waals surface area contributed by atoms with E-state index in [1.165, 1.54) is 6.92 Å². The zero-order chi connectivity index (χ0) is 8.20. The van der Waals surface area contributed by atoms with Crippen LogP contribution in [0.25, 0.3) is 0 Å². The van der Waals surface area contributed by atoms with E-state index >= 15 is 0 Å². The first-order valence-corrected chi connectivity index (χ1v) is 3.12. The van der Waals surface area contributed by atoms with Crippen molar-refractivity contribution in [3.05, 3.63) is 5.21 Å². The quantitative estimate of drug-likeness (QED) is 0.445. The molecule has 1 atom stereocenters. The van der Waals surface area contributed by atoms with Gasteiger partial charge in [-0.2, -0.15) is 5.11 Å². The smallest absolute Gasteiger partial charge is 0.158 e. The number of nitrogens with zero attached hydrogens (tertiary/aromatic N) is 2. The van der Waals surface area contributed by atoms with Crippen LogP contribution in [0.1, 0.15) is 27.2 Å². The molecule has 0 N–H and O–H groups in total. The molecule has 0 aromatic rings. The fraction of sp³-hybridized carbons (Fsp3) is 0.833. The average Bonchev–Trinajstić information content (AvgIpc) is 1.88. The van der Waals surface area contributed by atoms with Crippen molar-refractivity contribution in [1.82, 2.24) is 0 Å². The second-order valence-corrected chi connectivity index (χ2v) is 2.37. The summed E-state index contributed by atoms with van der Waals surface area (Å²) in [4.78, 5) is 10.8. The molecule has 0 aliphatic heterocycles. The van der Waals surface area contributed by atoms with Crippen LogP contribution in [-0.2, 0) is 4.79 Å². The van der Waals surface area contributed by atoms with Crippen LogP contribution in [-0.4, -0.2) is 11.3 Å². The standard InChI is InChI=1S/C6H12N2O2/c1-4-6(3,5(2)9)7-8-10/h4H2,1-3H3,(H,7,10)/p-1. The SMILES string of the molecule is CCC(C)(N=N[O-])C(C)=O. The van der Waals surface area contributed by atoms with Crippen LogP contribution >= 0.6 is 0 Å². The Bertz CT molecular complexity index is 156. The van der Waals surface area contributed by atoms with E-state index in [-0.39, 0.29) is 5.78 Å². The maximum absolute atomic E-state index is 10.8. The molecule has 0 aromatic carbocycles. The van der Waals surface area contributed by atoms with Gasteiger partial charge in [-0.3, -0.25) is 4.79 Å². The average molecular weight is 143 g/mol. The van der Waals surface area contributed by atoms with E-state index in [1.54, 1.807) is 13.8 Å². The zero-order valence-electron chi connectivity index (χ0n) is 6.42. The number of carbonyl (C=O) groups is 1. The first-order valence-electron chi connectivity index (χ1n) is 3.12. The third-order valence-electron chi connectivity index (χ3n) is 1.71. The van der Waals surface area contributed by atoms with Crippen LogP contribution in [0.15, 0.2) is 10.4 Å². The van der Waals surface area contributed by atoms with E-state index in [1.807, 2.05) is 0 Å². The van der Waals surface area contributed by atoms with Gasteiger partial charge in [0.1, 0.15) is 5.54 Å². The van der Waals surface area contributed by atoms with E-state index in [0.717, 1.165) is 0 Å². The number of hydrogen-bond acceptors (Lipinski definition) is 4. The number of ketones is 1. The fourth-order valence-corrected chi connectivity index (χ4v) is 0.480. The van der Waals surface area contributed by atoms with E-state index in [9.17, 15) is 10.0 Å². The van der Waals surface area contributed by atoms with Gasteiger partial charge in [0, 0.05) is 0 Å². The molecule has 1 unspecified atom stereocenters. The van der Waals surface area contributed by atoms with Crippen LogP contribution in [0.5, 0.6) is 0 Å². The summed E-state index contributed by atoms with van der Waals surface area (Å²) in [6, 6.07) is 0. The number of rotatable bonds is 3. The monoisotopic (exact) mass is 143 g/mol. The number of carbonyl (C=O) groups excluding carboxylic acids is 1. The molecule has 0 saturated heterocycles. The van der Waals surface area contributed by atoms with Gasteiger partial charge in [0.05, 0.1) is 0 Å². The Balaban J connectivity index is 4.38. The second kappa shape index (κ2) is 3.29. The summed E-state index contributed by atoms with van der Waals surface area (Å²) in [5.41, 5.74) is -0.901. The van der Waals surface area contributed by atoms with Gasteiger partial charge in [0.2, 0.25) is 0 Å². The summed E-state index contributed by atoms with van der Waals surface area (Å²) in [5.74, 6) is -0.130. The van der Waals surface area contributed by atoms with Crippen LogP contribution < -0.4 is 0 Å². The topological polar surface area (TPSA) is 64.8 Å². The van der Waals surface area contributed by atoms with Gasteiger partial charge < -0.3 is 5.21 Å². The lowest BCUT2D eigenvalue weighted by atomic mass is 9.96. The van der Waals surface area contributed by atoms with Gasteiger partial charge in [0.25, 0.3) is 0 Å². The Morgan fingerprint density at radius 2 is 2.20 bits per heavy atom. The molecule has 0 bridgehead atoms. The van der Waals surface area contributed by atoms with E-state index in [2.05, 4.69) is 10.4 Å². The molecule has 0 saturated carbocycles. The Hall–Kier alpha value is -0.930. The maximum atomic E-state index is 10.8. The fourth-order valence-electron chi connectivity index (χ4n) is 0.480. The van der Waals surface area contributed by atoms with Crippen LogP contribution in [0.4, 0.5) is 0 Å². The minimum absolute atomic E-state index is 0.130. The number of Topliss-reactive ketones (excluding diaryl/α,β-unsaturated/α-hetero) is 1. The van der Waals surface area contributed by atoms with E-state index in [4.69, 9.17) is 0 Å². The molecule has 0 heterocycles. The first kappa shape index (κ1) is 9.07. The Morgan fingerprint density at radius 1 is 1.70 bits per heavy atom. The number of hydrogen-bond donors (Lipinski definition) is 0. The van der Waals surface area contributed by atoms with Gasteiger partial charge >= 0.3 is 0 Å². The summed E-state index contributed by atoms with van der Waals surface area (Å²) in [6.07, 6.45) is 0.508. The first-order chi connectivity index (χ1) is 4.56. The van der Waals surface area contributed by atoms with Gasteiger partial charge in [-0.25, -0.2) is 5.28 Å². The third kappa shape index (κ3) is 1.79. The van der Waals surface area contributed by atoms with Crippen LogP contribution in [0, 0.1) is 5.21 Å². The molecule has 10 heavy (non-hydrogen) atoms. The van der Waals surface area contributed by atoms with Crippen molar-refractivity contribution in [3.8, 4) is 0 Å². The largest absolute Gasteiger partial charge is 0.775 e. The molecule has 4 heteroatoms. The molecule has 0 aromatic heterocycles. The predicted molar refractivity (Wildman–Crippen MR) is 37.6 cm³/mol. The molecule has 0 amide bonds. The van der Waals surface area contributed by atoms with Crippen LogP contribution in [0.2, 0.25) is 0 Å². The molecule has 0 rings (SSSR count). The lowest BCUT2D eigenvalue weighted by molar-refractivity contribution is -0.121. The van der Waals surface area contributed by atoms with Crippen molar-refractivity contribution in [3.63, 3.8) is 0 Å².